The van der Waals surface area contributed by atoms with E-state index in [0.717, 1.165) is 42.0 Å². The first-order valence-corrected chi connectivity index (χ1v) is 12.0. The van der Waals surface area contributed by atoms with E-state index in [0.29, 0.717) is 11.6 Å². The number of halogens is 1. The van der Waals surface area contributed by atoms with E-state index in [1.807, 2.05) is 6.20 Å². The van der Waals surface area contributed by atoms with Crippen molar-refractivity contribution in [2.24, 2.45) is 5.73 Å². The molecule has 12 heteroatoms. The van der Waals surface area contributed by atoms with Crippen LogP contribution in [0.1, 0.15) is 41.6 Å². The number of nitrogens with two attached hydrogens (primary N) is 1. The van der Waals surface area contributed by atoms with Gasteiger partial charge in [-0.2, -0.15) is 4.37 Å². The van der Waals surface area contributed by atoms with Gasteiger partial charge in [-0.1, -0.05) is 11.6 Å². The Labute approximate surface area is 200 Å². The zero-order valence-corrected chi connectivity index (χ0v) is 19.6. The molecule has 0 radical (unpaired) electrons. The van der Waals surface area contributed by atoms with E-state index in [1.165, 1.54) is 25.9 Å². The van der Waals surface area contributed by atoms with E-state index in [-0.39, 0.29) is 23.1 Å². The van der Waals surface area contributed by atoms with Gasteiger partial charge >= 0.3 is 6.03 Å². The smallest absolute Gasteiger partial charge is 0.319 e. The molecule has 0 aliphatic carbocycles. The van der Waals surface area contributed by atoms with Crippen LogP contribution in [0.25, 0.3) is 5.52 Å². The van der Waals surface area contributed by atoms with Crippen LogP contribution in [0.4, 0.5) is 9.80 Å². The van der Waals surface area contributed by atoms with Gasteiger partial charge in [0.05, 0.1) is 23.1 Å². The van der Waals surface area contributed by atoms with Crippen molar-refractivity contribution in [1.82, 2.24) is 24.0 Å². The number of imidazole rings is 1. The fourth-order valence-electron chi connectivity index (χ4n) is 3.77. The summed E-state index contributed by atoms with van der Waals surface area (Å²) in [5.74, 6) is -0.668. The van der Waals surface area contributed by atoms with Crippen LogP contribution in [0.5, 0.6) is 5.88 Å². The Morgan fingerprint density at radius 2 is 2.09 bits per heavy atom. The highest BCUT2D eigenvalue weighted by molar-refractivity contribution is 7.11. The van der Waals surface area contributed by atoms with E-state index in [1.54, 1.807) is 23.0 Å². The first-order valence-electron chi connectivity index (χ1n) is 10.8. The molecule has 4 N–H and O–H groups in total. The minimum atomic E-state index is -0.734. The second-order valence-electron chi connectivity index (χ2n) is 7.86. The molecule has 4 heterocycles. The maximum atomic E-state index is 12.3. The van der Waals surface area contributed by atoms with Crippen molar-refractivity contribution in [1.29, 1.82) is 0 Å². The summed E-state index contributed by atoms with van der Waals surface area (Å²) in [4.78, 5) is 30.8. The van der Waals surface area contributed by atoms with Gasteiger partial charge in [-0.05, 0) is 62.9 Å². The topological polar surface area (TPSA) is 127 Å². The summed E-state index contributed by atoms with van der Waals surface area (Å²) >= 11 is 7.20. The first-order chi connectivity index (χ1) is 16.0. The molecule has 1 saturated heterocycles. The molecule has 0 aromatic carbocycles. The number of unbranched alkanes of at least 4 members (excludes halogenated alkanes) is 1. The first kappa shape index (κ1) is 23.3. The van der Waals surface area contributed by atoms with Crippen LogP contribution < -0.4 is 21.1 Å². The molecule has 176 valence electrons. The number of pyridine rings is 1. The van der Waals surface area contributed by atoms with Crippen molar-refractivity contribution in [3.05, 3.63) is 40.9 Å². The molecule has 3 aromatic heterocycles. The van der Waals surface area contributed by atoms with Crippen molar-refractivity contribution < 1.29 is 14.3 Å². The molecule has 0 bridgehead atoms. The Morgan fingerprint density at radius 3 is 2.88 bits per heavy atom. The van der Waals surface area contributed by atoms with Crippen LogP contribution in [0.15, 0.2) is 24.8 Å². The quantitative estimate of drug-likeness (QED) is 0.374. The lowest BCUT2D eigenvalue weighted by molar-refractivity contribution is 0.0996. The van der Waals surface area contributed by atoms with Crippen LogP contribution in [0.3, 0.4) is 0 Å². The molecule has 1 aliphatic heterocycles. The second kappa shape index (κ2) is 10.8. The van der Waals surface area contributed by atoms with E-state index in [4.69, 9.17) is 22.1 Å². The SMILES string of the molecule is NC(=O)c1c(OCc2cc(Cl)c3cncn3c2)nsc1NC(=O)NCCCCN1CCCC1. The molecular weight excluding hydrogens is 466 g/mol. The normalized spacial score (nSPS) is 14.0. The van der Waals surface area contributed by atoms with Crippen LogP contribution in [-0.4, -0.2) is 56.8 Å². The van der Waals surface area contributed by atoms with Gasteiger partial charge in [-0.15, -0.1) is 0 Å². The Balaban J connectivity index is 1.30. The van der Waals surface area contributed by atoms with Gasteiger partial charge in [0.1, 0.15) is 17.2 Å². The number of aromatic nitrogens is 3. The number of likely N-dealkylation sites (tertiary alicyclic amines) is 1. The third-order valence-corrected chi connectivity index (χ3v) is 6.47. The van der Waals surface area contributed by atoms with Gasteiger partial charge in [0.25, 0.3) is 5.91 Å². The highest BCUT2D eigenvalue weighted by atomic mass is 35.5. The van der Waals surface area contributed by atoms with Gasteiger partial charge in [0.2, 0.25) is 5.88 Å². The molecule has 0 saturated carbocycles. The highest BCUT2D eigenvalue weighted by Gasteiger charge is 2.22. The van der Waals surface area contributed by atoms with Gasteiger partial charge in [-0.3, -0.25) is 10.1 Å². The predicted octanol–water partition coefficient (Wildman–Crippen LogP) is 3.12. The minimum absolute atomic E-state index is 0.0407. The largest absolute Gasteiger partial charge is 0.472 e. The summed E-state index contributed by atoms with van der Waals surface area (Å²) in [7, 11) is 0. The van der Waals surface area contributed by atoms with Gasteiger partial charge in [-0.25, -0.2) is 9.78 Å². The average Bonchev–Trinajstić information content (AvgIpc) is 3.53. The maximum Gasteiger partial charge on any atom is 0.319 e. The third-order valence-electron chi connectivity index (χ3n) is 5.42. The fraction of sp³-hybridized carbons (Fsp3) is 0.429. The van der Waals surface area contributed by atoms with Crippen molar-refractivity contribution >= 4 is 45.6 Å². The van der Waals surface area contributed by atoms with Crippen molar-refractivity contribution in [2.45, 2.75) is 32.3 Å². The number of fused-ring (bicyclic) bond motifs is 1. The van der Waals surface area contributed by atoms with Crippen molar-refractivity contribution in [3.8, 4) is 5.88 Å². The Morgan fingerprint density at radius 1 is 1.27 bits per heavy atom. The Bertz CT molecular complexity index is 1130. The van der Waals surface area contributed by atoms with E-state index >= 15 is 0 Å². The lowest BCUT2D eigenvalue weighted by atomic mass is 10.3. The average molecular weight is 492 g/mol. The van der Waals surface area contributed by atoms with Crippen molar-refractivity contribution in [3.63, 3.8) is 0 Å². The van der Waals surface area contributed by atoms with Crippen LogP contribution >= 0.6 is 23.1 Å². The zero-order valence-electron chi connectivity index (χ0n) is 18.1. The van der Waals surface area contributed by atoms with Gasteiger partial charge in [0, 0.05) is 18.3 Å². The van der Waals surface area contributed by atoms with Gasteiger partial charge < -0.3 is 25.1 Å². The van der Waals surface area contributed by atoms with E-state index in [9.17, 15) is 9.59 Å². The maximum absolute atomic E-state index is 12.3. The van der Waals surface area contributed by atoms with Crippen LogP contribution in [0, 0.1) is 0 Å². The lowest BCUT2D eigenvalue weighted by Crippen LogP contribution is -2.30. The fourth-order valence-corrected chi connectivity index (χ4v) is 4.79. The zero-order chi connectivity index (χ0) is 23.2. The number of carbonyl (C=O) groups excluding carboxylic acids is 2. The summed E-state index contributed by atoms with van der Waals surface area (Å²) in [6.07, 6.45) is 9.58. The molecule has 0 atom stereocenters. The Kier molecular flexibility index (Phi) is 7.63. The number of rotatable bonds is 10. The monoisotopic (exact) mass is 491 g/mol. The lowest BCUT2D eigenvalue weighted by Gasteiger charge is -2.14. The molecule has 0 spiro atoms. The summed E-state index contributed by atoms with van der Waals surface area (Å²) in [6, 6.07) is 1.34. The molecule has 1 aliphatic rings. The van der Waals surface area contributed by atoms with E-state index in [2.05, 4.69) is 24.9 Å². The molecule has 4 rings (SSSR count). The standard InChI is InChI=1S/C21H26ClN7O3S/c22-15-9-14(11-29-13-24-10-16(15)29)12-32-19-17(18(23)30)20(33-27-19)26-21(31)25-5-1-2-6-28-7-3-4-8-28/h9-11,13H,1-8,12H2,(H2,23,30)(H2,25,26,31). The number of ether oxygens (including phenoxy) is 1. The minimum Gasteiger partial charge on any atom is -0.472 e. The highest BCUT2D eigenvalue weighted by Crippen LogP contribution is 2.31. The van der Waals surface area contributed by atoms with Crippen LogP contribution in [-0.2, 0) is 6.61 Å². The summed E-state index contributed by atoms with van der Waals surface area (Å²) < 4.78 is 11.6. The molecule has 0 unspecified atom stereocenters. The number of nitrogens with one attached hydrogen (secondary N) is 2. The number of urea groups is 1. The number of carbonyl (C=O) groups is 2. The van der Waals surface area contributed by atoms with E-state index < -0.39 is 11.9 Å². The molecule has 3 amide bonds. The summed E-state index contributed by atoms with van der Waals surface area (Å²) in [5, 5.41) is 6.23. The van der Waals surface area contributed by atoms with Crippen molar-refractivity contribution in [2.75, 3.05) is 31.5 Å². The molecule has 10 nitrogen and oxygen atoms in total. The molecular formula is C21H26ClN7O3S. The number of primary amides is 1. The summed E-state index contributed by atoms with van der Waals surface area (Å²) in [5.41, 5.74) is 7.10. The second-order valence-corrected chi connectivity index (χ2v) is 9.04. The number of amides is 3. The van der Waals surface area contributed by atoms with Gasteiger partial charge in [0.15, 0.2) is 0 Å². The number of hydrogen-bond donors (Lipinski definition) is 3. The number of anilines is 1. The Hall–Kier alpha value is -2.89. The molecule has 1 fully saturated rings. The third kappa shape index (κ3) is 5.92. The number of nitrogens with zero attached hydrogens (tertiary/aromatic N) is 4. The number of hydrogen-bond acceptors (Lipinski definition) is 7. The molecule has 3 aromatic rings. The predicted molar refractivity (Wildman–Crippen MR) is 127 cm³/mol. The van der Waals surface area contributed by atoms with Crippen LogP contribution in [0.2, 0.25) is 5.02 Å². The molecule has 33 heavy (non-hydrogen) atoms. The summed E-state index contributed by atoms with van der Waals surface area (Å²) in [6.45, 7) is 4.06.